The van der Waals surface area contributed by atoms with E-state index in [1.165, 1.54) is 12.1 Å². The molecular formula is C16H15F2NO2S. The standard InChI is InChI=1S/C16H15F2NO2S/c17-14-8-4-7-13(16(14)18)10-22(21)11-15(20)19-9-12-5-2-1-3-6-12/h1-8H,9-11H2,(H,19,20). The molecule has 3 nitrogen and oxygen atoms in total. The molecule has 0 aliphatic rings. The van der Waals surface area contributed by atoms with E-state index in [1.807, 2.05) is 30.3 Å². The van der Waals surface area contributed by atoms with Crippen molar-refractivity contribution in [1.29, 1.82) is 0 Å². The third-order valence-electron chi connectivity index (χ3n) is 2.97. The highest BCUT2D eigenvalue weighted by molar-refractivity contribution is 7.84. The van der Waals surface area contributed by atoms with Crippen LogP contribution in [0.1, 0.15) is 11.1 Å². The number of carbonyl (C=O) groups is 1. The maximum absolute atomic E-state index is 13.5. The lowest BCUT2D eigenvalue weighted by Crippen LogP contribution is -2.28. The van der Waals surface area contributed by atoms with Crippen molar-refractivity contribution >= 4 is 16.7 Å². The van der Waals surface area contributed by atoms with E-state index in [2.05, 4.69) is 5.32 Å². The first-order valence-electron chi connectivity index (χ1n) is 6.65. The van der Waals surface area contributed by atoms with Gasteiger partial charge in [-0.05, 0) is 11.6 Å². The average molecular weight is 323 g/mol. The molecule has 116 valence electrons. The number of hydrogen-bond donors (Lipinski definition) is 1. The smallest absolute Gasteiger partial charge is 0.232 e. The molecule has 22 heavy (non-hydrogen) atoms. The van der Waals surface area contributed by atoms with Gasteiger partial charge in [0, 0.05) is 22.9 Å². The van der Waals surface area contributed by atoms with Crippen LogP contribution in [0.4, 0.5) is 8.78 Å². The van der Waals surface area contributed by atoms with Crippen LogP contribution in [0.5, 0.6) is 0 Å². The third-order valence-corrected chi connectivity index (χ3v) is 4.19. The van der Waals surface area contributed by atoms with Gasteiger partial charge in [0.1, 0.15) is 5.75 Å². The lowest BCUT2D eigenvalue weighted by atomic mass is 10.2. The molecule has 6 heteroatoms. The first-order valence-corrected chi connectivity index (χ1v) is 8.13. The highest BCUT2D eigenvalue weighted by atomic mass is 32.2. The van der Waals surface area contributed by atoms with Gasteiger partial charge in [-0.3, -0.25) is 9.00 Å². The van der Waals surface area contributed by atoms with E-state index in [-0.39, 0.29) is 23.0 Å². The van der Waals surface area contributed by atoms with Gasteiger partial charge in [0.25, 0.3) is 0 Å². The van der Waals surface area contributed by atoms with Crippen molar-refractivity contribution in [2.45, 2.75) is 12.3 Å². The molecule has 0 bridgehead atoms. The van der Waals surface area contributed by atoms with E-state index >= 15 is 0 Å². The molecule has 0 fully saturated rings. The minimum Gasteiger partial charge on any atom is -0.351 e. The number of benzene rings is 2. The molecule has 2 rings (SSSR count). The lowest BCUT2D eigenvalue weighted by molar-refractivity contribution is -0.118. The molecule has 0 radical (unpaired) electrons. The van der Waals surface area contributed by atoms with E-state index in [9.17, 15) is 17.8 Å². The maximum Gasteiger partial charge on any atom is 0.232 e. The predicted molar refractivity (Wildman–Crippen MR) is 81.4 cm³/mol. The maximum atomic E-state index is 13.5. The fraction of sp³-hybridized carbons (Fsp3) is 0.188. The molecule has 2 aromatic rings. The van der Waals surface area contributed by atoms with Crippen LogP contribution >= 0.6 is 0 Å². The Labute approximate surface area is 129 Å². The van der Waals surface area contributed by atoms with Crippen molar-refractivity contribution in [2.24, 2.45) is 0 Å². The summed E-state index contributed by atoms with van der Waals surface area (Å²) >= 11 is 0. The van der Waals surface area contributed by atoms with Gasteiger partial charge in [-0.15, -0.1) is 0 Å². The Morgan fingerprint density at radius 3 is 2.50 bits per heavy atom. The Morgan fingerprint density at radius 1 is 1.05 bits per heavy atom. The van der Waals surface area contributed by atoms with Crippen molar-refractivity contribution in [3.05, 3.63) is 71.3 Å². The molecule has 0 heterocycles. The zero-order valence-electron chi connectivity index (χ0n) is 11.7. The average Bonchev–Trinajstić information content (AvgIpc) is 2.51. The van der Waals surface area contributed by atoms with E-state index in [1.54, 1.807) is 0 Å². The summed E-state index contributed by atoms with van der Waals surface area (Å²) in [5, 5.41) is 2.64. The molecule has 0 aliphatic heterocycles. The number of halogens is 2. The van der Waals surface area contributed by atoms with Gasteiger partial charge in [-0.2, -0.15) is 0 Å². The minimum absolute atomic E-state index is 0.00851. The number of amides is 1. The van der Waals surface area contributed by atoms with E-state index in [4.69, 9.17) is 0 Å². The van der Waals surface area contributed by atoms with Gasteiger partial charge in [-0.25, -0.2) is 8.78 Å². The predicted octanol–water partition coefficient (Wildman–Crippen LogP) is 2.53. The van der Waals surface area contributed by atoms with Crippen molar-refractivity contribution in [3.63, 3.8) is 0 Å². The summed E-state index contributed by atoms with van der Waals surface area (Å²) in [6.07, 6.45) is 0. The molecule has 1 atom stereocenters. The molecule has 1 amide bonds. The van der Waals surface area contributed by atoms with Gasteiger partial charge in [0.2, 0.25) is 5.91 Å². The van der Waals surface area contributed by atoms with Crippen molar-refractivity contribution < 1.29 is 17.8 Å². The topological polar surface area (TPSA) is 46.2 Å². The quantitative estimate of drug-likeness (QED) is 0.888. The zero-order chi connectivity index (χ0) is 15.9. The molecular weight excluding hydrogens is 308 g/mol. The second-order valence-electron chi connectivity index (χ2n) is 4.70. The van der Waals surface area contributed by atoms with Crippen LogP contribution in [0.3, 0.4) is 0 Å². The van der Waals surface area contributed by atoms with Crippen LogP contribution in [0.25, 0.3) is 0 Å². The molecule has 0 spiro atoms. The van der Waals surface area contributed by atoms with Crippen LogP contribution < -0.4 is 5.32 Å². The van der Waals surface area contributed by atoms with Gasteiger partial charge in [0.15, 0.2) is 11.6 Å². The molecule has 1 N–H and O–H groups in total. The van der Waals surface area contributed by atoms with Crippen molar-refractivity contribution in [2.75, 3.05) is 5.75 Å². The van der Waals surface area contributed by atoms with Gasteiger partial charge >= 0.3 is 0 Å². The largest absolute Gasteiger partial charge is 0.351 e. The first kappa shape index (κ1) is 16.3. The molecule has 2 aromatic carbocycles. The van der Waals surface area contributed by atoms with Crippen molar-refractivity contribution in [3.8, 4) is 0 Å². The number of rotatable bonds is 6. The fourth-order valence-corrected chi connectivity index (χ4v) is 2.94. The second-order valence-corrected chi connectivity index (χ2v) is 6.16. The van der Waals surface area contributed by atoms with E-state index in [0.717, 1.165) is 11.6 Å². The highest BCUT2D eigenvalue weighted by Gasteiger charge is 2.13. The summed E-state index contributed by atoms with van der Waals surface area (Å²) in [5.41, 5.74) is 0.937. The van der Waals surface area contributed by atoms with Crippen LogP contribution in [0.2, 0.25) is 0 Å². The zero-order valence-corrected chi connectivity index (χ0v) is 12.5. The highest BCUT2D eigenvalue weighted by Crippen LogP contribution is 2.13. The Bertz CT molecular complexity index is 677. The number of nitrogens with one attached hydrogen (secondary N) is 1. The van der Waals surface area contributed by atoms with Crippen LogP contribution in [0.15, 0.2) is 48.5 Å². The SMILES string of the molecule is O=C(CS(=O)Cc1cccc(F)c1F)NCc1ccccc1. The minimum atomic E-state index is -1.60. The fourth-order valence-electron chi connectivity index (χ4n) is 1.88. The summed E-state index contributed by atoms with van der Waals surface area (Å²) < 4.78 is 38.4. The van der Waals surface area contributed by atoms with Crippen LogP contribution in [-0.2, 0) is 27.9 Å². The van der Waals surface area contributed by atoms with E-state index in [0.29, 0.717) is 6.54 Å². The van der Waals surface area contributed by atoms with Gasteiger partial charge in [0.05, 0.1) is 5.75 Å². The Kier molecular flexibility index (Phi) is 5.77. The van der Waals surface area contributed by atoms with Gasteiger partial charge < -0.3 is 5.32 Å². The molecule has 0 saturated carbocycles. The number of carbonyl (C=O) groups excluding carboxylic acids is 1. The summed E-state index contributed by atoms with van der Waals surface area (Å²) in [4.78, 5) is 11.7. The summed E-state index contributed by atoms with van der Waals surface area (Å²) in [7, 11) is -1.60. The second kappa shape index (κ2) is 7.79. The monoisotopic (exact) mass is 323 g/mol. The van der Waals surface area contributed by atoms with Crippen molar-refractivity contribution in [1.82, 2.24) is 5.32 Å². The summed E-state index contributed by atoms with van der Waals surface area (Å²) in [6.45, 7) is 0.338. The summed E-state index contributed by atoms with van der Waals surface area (Å²) in [6, 6.07) is 13.0. The Morgan fingerprint density at radius 2 is 1.77 bits per heavy atom. The van der Waals surface area contributed by atoms with Crippen LogP contribution in [-0.4, -0.2) is 15.9 Å². The normalized spacial score (nSPS) is 11.9. The summed E-state index contributed by atoms with van der Waals surface area (Å²) in [5.74, 6) is -2.83. The first-order chi connectivity index (χ1) is 10.6. The van der Waals surface area contributed by atoms with E-state index < -0.39 is 22.4 Å². The molecule has 0 aromatic heterocycles. The number of hydrogen-bond acceptors (Lipinski definition) is 2. The molecule has 0 aliphatic carbocycles. The lowest BCUT2D eigenvalue weighted by Gasteiger charge is -2.06. The van der Waals surface area contributed by atoms with Crippen LogP contribution in [0, 0.1) is 11.6 Å². The Hall–Kier alpha value is -2.08. The van der Waals surface area contributed by atoms with Gasteiger partial charge in [-0.1, -0.05) is 42.5 Å². The molecule has 0 saturated heterocycles. The molecule has 1 unspecified atom stereocenters. The third kappa shape index (κ3) is 4.73. The Balaban J connectivity index is 1.84.